The third-order valence-electron chi connectivity index (χ3n) is 4.41. The molecule has 0 aliphatic carbocycles. The summed E-state index contributed by atoms with van der Waals surface area (Å²) in [6.07, 6.45) is 0.879. The summed E-state index contributed by atoms with van der Waals surface area (Å²) in [5, 5.41) is 3.34. The molecule has 1 spiro atoms. The predicted molar refractivity (Wildman–Crippen MR) is 80.7 cm³/mol. The number of rotatable bonds is 6. The topological polar surface area (TPSA) is 50.8 Å². The number of anilines is 1. The highest BCUT2D eigenvalue weighted by atomic mass is 16.5. The number of nitrogens with one attached hydrogen (secondary N) is 1. The van der Waals surface area contributed by atoms with Crippen LogP contribution < -0.4 is 10.2 Å². The van der Waals surface area contributed by atoms with Crippen molar-refractivity contribution < 1.29 is 14.3 Å². The van der Waals surface area contributed by atoms with Crippen LogP contribution in [0.2, 0.25) is 0 Å². The lowest BCUT2D eigenvalue weighted by Crippen LogP contribution is -2.43. The number of nitrogens with zero attached hydrogens (tertiary/aromatic N) is 1. The summed E-state index contributed by atoms with van der Waals surface area (Å²) < 4.78 is 10.5. The van der Waals surface area contributed by atoms with Crippen molar-refractivity contribution in [1.82, 2.24) is 5.32 Å². The van der Waals surface area contributed by atoms with Gasteiger partial charge in [-0.15, -0.1) is 0 Å². The number of methoxy groups -OCH3 is 1. The zero-order chi connectivity index (χ0) is 14.7. The minimum absolute atomic E-state index is 0.212. The molecule has 0 radical (unpaired) electrons. The van der Waals surface area contributed by atoms with E-state index in [-0.39, 0.29) is 11.3 Å². The summed E-state index contributed by atoms with van der Waals surface area (Å²) in [5.41, 5.74) is 1.85. The Morgan fingerprint density at radius 3 is 2.90 bits per heavy atom. The minimum atomic E-state index is -0.358. The van der Waals surface area contributed by atoms with Crippen LogP contribution in [0.3, 0.4) is 0 Å². The maximum atomic E-state index is 12.9. The van der Waals surface area contributed by atoms with Gasteiger partial charge in [-0.3, -0.25) is 4.79 Å². The molecule has 1 aromatic carbocycles. The average molecular weight is 290 g/mol. The Bertz CT molecular complexity index is 512. The maximum absolute atomic E-state index is 12.9. The molecule has 1 fully saturated rings. The van der Waals surface area contributed by atoms with E-state index in [1.54, 1.807) is 7.11 Å². The smallest absolute Gasteiger partial charge is 0.239 e. The Labute approximate surface area is 125 Å². The molecule has 2 heterocycles. The molecule has 0 bridgehead atoms. The minimum Gasteiger partial charge on any atom is -0.382 e. The van der Waals surface area contributed by atoms with Crippen LogP contribution in [0.1, 0.15) is 12.0 Å². The standard InChI is InChI=1S/C16H22N2O3/c1-20-10-11-21-9-8-18-14-5-3-2-4-13(14)16(15(18)19)6-7-17-12-16/h2-5,17H,6-12H2,1H3. The Kier molecular flexibility index (Phi) is 4.24. The number of hydrogen-bond donors (Lipinski definition) is 1. The van der Waals surface area contributed by atoms with Crippen molar-refractivity contribution in [1.29, 1.82) is 0 Å². The van der Waals surface area contributed by atoms with Crippen LogP contribution in [0.25, 0.3) is 0 Å². The van der Waals surface area contributed by atoms with Gasteiger partial charge < -0.3 is 19.7 Å². The van der Waals surface area contributed by atoms with Gasteiger partial charge in [-0.05, 0) is 24.6 Å². The number of carbonyl (C=O) groups is 1. The van der Waals surface area contributed by atoms with E-state index in [4.69, 9.17) is 9.47 Å². The zero-order valence-corrected chi connectivity index (χ0v) is 12.4. The third kappa shape index (κ3) is 2.46. The quantitative estimate of drug-likeness (QED) is 0.792. The summed E-state index contributed by atoms with van der Waals surface area (Å²) in [4.78, 5) is 14.8. The fourth-order valence-corrected chi connectivity index (χ4v) is 3.32. The first-order valence-corrected chi connectivity index (χ1v) is 7.48. The van der Waals surface area contributed by atoms with E-state index in [0.29, 0.717) is 26.4 Å². The molecule has 0 saturated carbocycles. The van der Waals surface area contributed by atoms with Gasteiger partial charge in [0.15, 0.2) is 0 Å². The Morgan fingerprint density at radius 1 is 1.29 bits per heavy atom. The number of amides is 1. The van der Waals surface area contributed by atoms with E-state index in [2.05, 4.69) is 11.4 Å². The first-order valence-electron chi connectivity index (χ1n) is 7.48. The Morgan fingerprint density at radius 2 is 2.14 bits per heavy atom. The van der Waals surface area contributed by atoms with Gasteiger partial charge in [0.25, 0.3) is 0 Å². The second-order valence-electron chi connectivity index (χ2n) is 5.59. The normalized spacial score (nSPS) is 24.0. The summed E-state index contributed by atoms with van der Waals surface area (Å²) in [7, 11) is 1.65. The van der Waals surface area contributed by atoms with Gasteiger partial charge in [0.2, 0.25) is 5.91 Å². The molecule has 1 saturated heterocycles. The SMILES string of the molecule is COCCOCCN1C(=O)C2(CCNC2)c2ccccc21. The van der Waals surface area contributed by atoms with E-state index in [9.17, 15) is 4.79 Å². The molecule has 114 valence electrons. The third-order valence-corrected chi connectivity index (χ3v) is 4.41. The number of para-hydroxylation sites is 1. The van der Waals surface area contributed by atoms with E-state index in [1.807, 2.05) is 23.1 Å². The number of carbonyl (C=O) groups excluding carboxylic acids is 1. The largest absolute Gasteiger partial charge is 0.382 e. The second-order valence-corrected chi connectivity index (χ2v) is 5.59. The number of fused-ring (bicyclic) bond motifs is 2. The van der Waals surface area contributed by atoms with Crippen molar-refractivity contribution >= 4 is 11.6 Å². The summed E-state index contributed by atoms with van der Waals surface area (Å²) in [6.45, 7) is 3.92. The molecular formula is C16H22N2O3. The zero-order valence-electron chi connectivity index (χ0n) is 12.4. The highest BCUT2D eigenvalue weighted by molar-refractivity contribution is 6.08. The van der Waals surface area contributed by atoms with Crippen LogP contribution >= 0.6 is 0 Å². The molecule has 2 aliphatic heterocycles. The van der Waals surface area contributed by atoms with Crippen molar-refractivity contribution in [3.05, 3.63) is 29.8 Å². The molecular weight excluding hydrogens is 268 g/mol. The van der Waals surface area contributed by atoms with Gasteiger partial charge in [0.1, 0.15) is 0 Å². The van der Waals surface area contributed by atoms with Crippen LogP contribution in [0.4, 0.5) is 5.69 Å². The van der Waals surface area contributed by atoms with E-state index in [1.165, 1.54) is 0 Å². The lowest BCUT2D eigenvalue weighted by Gasteiger charge is -2.22. The van der Waals surface area contributed by atoms with Gasteiger partial charge in [-0.1, -0.05) is 18.2 Å². The lowest BCUT2D eigenvalue weighted by molar-refractivity contribution is -0.122. The number of benzene rings is 1. The van der Waals surface area contributed by atoms with Crippen molar-refractivity contribution in [2.45, 2.75) is 11.8 Å². The van der Waals surface area contributed by atoms with Gasteiger partial charge >= 0.3 is 0 Å². The van der Waals surface area contributed by atoms with Crippen LogP contribution in [0, 0.1) is 0 Å². The highest BCUT2D eigenvalue weighted by Crippen LogP contribution is 2.45. The number of ether oxygens (including phenoxy) is 2. The van der Waals surface area contributed by atoms with E-state index >= 15 is 0 Å². The van der Waals surface area contributed by atoms with Crippen molar-refractivity contribution in [2.24, 2.45) is 0 Å². The Hall–Kier alpha value is -1.43. The molecule has 1 N–H and O–H groups in total. The molecule has 1 atom stereocenters. The summed E-state index contributed by atoms with van der Waals surface area (Å²) >= 11 is 0. The van der Waals surface area contributed by atoms with E-state index < -0.39 is 0 Å². The lowest BCUT2D eigenvalue weighted by atomic mass is 9.81. The maximum Gasteiger partial charge on any atom is 0.239 e. The van der Waals surface area contributed by atoms with Gasteiger partial charge in [-0.25, -0.2) is 0 Å². The van der Waals surface area contributed by atoms with Crippen molar-refractivity contribution in [2.75, 3.05) is 51.5 Å². The van der Waals surface area contributed by atoms with Crippen LogP contribution in [-0.2, 0) is 19.7 Å². The molecule has 1 aromatic rings. The fourth-order valence-electron chi connectivity index (χ4n) is 3.32. The average Bonchev–Trinajstić information content (AvgIpc) is 3.08. The van der Waals surface area contributed by atoms with Crippen LogP contribution in [0.5, 0.6) is 0 Å². The fraction of sp³-hybridized carbons (Fsp3) is 0.562. The first kappa shape index (κ1) is 14.5. The molecule has 1 amide bonds. The highest BCUT2D eigenvalue weighted by Gasteiger charge is 2.51. The second kappa shape index (κ2) is 6.13. The first-order chi connectivity index (χ1) is 10.3. The molecule has 5 heteroatoms. The molecule has 3 rings (SSSR count). The Balaban J connectivity index is 1.74. The van der Waals surface area contributed by atoms with Crippen LogP contribution in [0.15, 0.2) is 24.3 Å². The monoisotopic (exact) mass is 290 g/mol. The molecule has 5 nitrogen and oxygen atoms in total. The molecule has 0 aromatic heterocycles. The van der Waals surface area contributed by atoms with Crippen molar-refractivity contribution in [3.63, 3.8) is 0 Å². The molecule has 1 unspecified atom stereocenters. The predicted octanol–water partition coefficient (Wildman–Crippen LogP) is 0.927. The molecule has 2 aliphatic rings. The number of hydrogen-bond acceptors (Lipinski definition) is 4. The van der Waals surface area contributed by atoms with Gasteiger partial charge in [0.05, 0.1) is 25.2 Å². The summed E-state index contributed by atoms with van der Waals surface area (Å²) in [5.74, 6) is 0.212. The van der Waals surface area contributed by atoms with Gasteiger partial charge in [0, 0.05) is 25.9 Å². The van der Waals surface area contributed by atoms with Gasteiger partial charge in [-0.2, -0.15) is 0 Å². The summed E-state index contributed by atoms with van der Waals surface area (Å²) in [6, 6.07) is 8.14. The van der Waals surface area contributed by atoms with Crippen molar-refractivity contribution in [3.8, 4) is 0 Å². The molecule has 21 heavy (non-hydrogen) atoms. The van der Waals surface area contributed by atoms with E-state index in [0.717, 1.165) is 30.8 Å². The van der Waals surface area contributed by atoms with Crippen LogP contribution in [-0.4, -0.2) is 52.5 Å².